The molecule has 1 aromatic heterocycles. The van der Waals surface area contributed by atoms with Crippen LogP contribution in [0.25, 0.3) is 0 Å². The second-order valence-corrected chi connectivity index (χ2v) is 6.44. The average Bonchev–Trinajstić information content (AvgIpc) is 2.76. The lowest BCUT2D eigenvalue weighted by Crippen LogP contribution is -2.32. The Morgan fingerprint density at radius 2 is 2.31 bits per heavy atom. The van der Waals surface area contributed by atoms with Crippen LogP contribution in [-0.4, -0.2) is 22.0 Å². The average molecular weight is 240 g/mol. The Bertz CT molecular complexity index is 336. The van der Waals surface area contributed by atoms with Crippen molar-refractivity contribution >= 4 is 11.8 Å². The highest BCUT2D eigenvalue weighted by Gasteiger charge is 2.28. The molecule has 2 rings (SSSR count). The van der Waals surface area contributed by atoms with Gasteiger partial charge in [-0.15, -0.1) is 0 Å². The summed E-state index contributed by atoms with van der Waals surface area (Å²) in [5.74, 6) is 3.04. The molecule has 1 aromatic rings. The van der Waals surface area contributed by atoms with Crippen LogP contribution in [0.2, 0.25) is 0 Å². The zero-order valence-corrected chi connectivity index (χ0v) is 11.1. The number of oxazole rings is 1. The Kier molecular flexibility index (Phi) is 3.60. The molecule has 0 radical (unpaired) electrons. The van der Waals surface area contributed by atoms with E-state index in [0.717, 1.165) is 30.4 Å². The number of nitrogens with one attached hydrogen (secondary N) is 1. The Balaban J connectivity index is 1.79. The number of thioether (sulfide) groups is 1. The first kappa shape index (κ1) is 12.0. The normalized spacial score (nSPS) is 25.2. The lowest BCUT2D eigenvalue weighted by Gasteiger charge is -2.22. The van der Waals surface area contributed by atoms with Crippen LogP contribution in [0, 0.1) is 13.8 Å². The molecule has 1 atom stereocenters. The van der Waals surface area contributed by atoms with Crippen LogP contribution >= 0.6 is 11.8 Å². The maximum absolute atomic E-state index is 5.53. The molecular weight excluding hydrogens is 220 g/mol. The van der Waals surface area contributed by atoms with Crippen molar-refractivity contribution in [2.45, 2.75) is 44.9 Å². The lowest BCUT2D eigenvalue weighted by molar-refractivity contribution is 0.436. The van der Waals surface area contributed by atoms with Crippen molar-refractivity contribution < 1.29 is 4.42 Å². The summed E-state index contributed by atoms with van der Waals surface area (Å²) in [4.78, 5) is 4.36. The number of hydrogen-bond acceptors (Lipinski definition) is 4. The van der Waals surface area contributed by atoms with E-state index in [1.807, 2.05) is 13.8 Å². The molecule has 4 heteroatoms. The molecule has 1 aliphatic rings. The molecule has 16 heavy (non-hydrogen) atoms. The molecule has 0 aliphatic carbocycles. The van der Waals surface area contributed by atoms with E-state index in [-0.39, 0.29) is 0 Å². The van der Waals surface area contributed by atoms with E-state index >= 15 is 0 Å². The summed E-state index contributed by atoms with van der Waals surface area (Å²) in [5.41, 5.74) is 0.998. The van der Waals surface area contributed by atoms with Crippen LogP contribution in [0.1, 0.15) is 37.1 Å². The summed E-state index contributed by atoms with van der Waals surface area (Å²) < 4.78 is 5.94. The number of hydrogen-bond donors (Lipinski definition) is 1. The van der Waals surface area contributed by atoms with E-state index < -0.39 is 0 Å². The van der Waals surface area contributed by atoms with Crippen molar-refractivity contribution in [1.29, 1.82) is 0 Å². The fourth-order valence-corrected chi connectivity index (χ4v) is 3.30. The summed E-state index contributed by atoms with van der Waals surface area (Å²) >= 11 is 2.07. The van der Waals surface area contributed by atoms with E-state index in [1.54, 1.807) is 0 Å². The Morgan fingerprint density at radius 1 is 1.50 bits per heavy atom. The van der Waals surface area contributed by atoms with Crippen molar-refractivity contribution in [2.75, 3.05) is 12.3 Å². The largest absolute Gasteiger partial charge is 0.444 e. The number of rotatable bonds is 4. The van der Waals surface area contributed by atoms with Crippen LogP contribution in [0.15, 0.2) is 4.42 Å². The zero-order chi connectivity index (χ0) is 11.6. The summed E-state index contributed by atoms with van der Waals surface area (Å²) in [5, 5.41) is 3.45. The number of nitrogens with zero attached hydrogens (tertiary/aromatic N) is 1. The minimum atomic E-state index is 0.413. The molecule has 0 saturated carbocycles. The predicted molar refractivity (Wildman–Crippen MR) is 67.8 cm³/mol. The zero-order valence-electron chi connectivity index (χ0n) is 10.3. The van der Waals surface area contributed by atoms with Gasteiger partial charge in [-0.2, -0.15) is 11.8 Å². The van der Waals surface area contributed by atoms with Crippen molar-refractivity contribution in [1.82, 2.24) is 10.3 Å². The minimum absolute atomic E-state index is 0.413. The minimum Gasteiger partial charge on any atom is -0.444 e. The van der Waals surface area contributed by atoms with Gasteiger partial charge in [0.1, 0.15) is 5.76 Å². The quantitative estimate of drug-likeness (QED) is 0.878. The molecule has 1 saturated heterocycles. The van der Waals surface area contributed by atoms with Gasteiger partial charge in [-0.1, -0.05) is 0 Å². The molecule has 0 aromatic carbocycles. The highest BCUT2D eigenvalue weighted by molar-refractivity contribution is 8.00. The smallest absolute Gasteiger partial charge is 0.208 e. The molecule has 1 fully saturated rings. The van der Waals surface area contributed by atoms with Crippen LogP contribution in [-0.2, 0) is 6.54 Å². The van der Waals surface area contributed by atoms with Gasteiger partial charge in [-0.05, 0) is 39.4 Å². The van der Waals surface area contributed by atoms with Gasteiger partial charge < -0.3 is 9.73 Å². The molecule has 3 nitrogen and oxygen atoms in total. The van der Waals surface area contributed by atoms with Gasteiger partial charge in [0.2, 0.25) is 5.89 Å². The summed E-state index contributed by atoms with van der Waals surface area (Å²) in [6.45, 7) is 8.06. The molecule has 0 bridgehead atoms. The lowest BCUT2D eigenvalue weighted by atomic mass is 10.1. The van der Waals surface area contributed by atoms with Gasteiger partial charge in [0.05, 0.1) is 12.2 Å². The monoisotopic (exact) mass is 240 g/mol. The van der Waals surface area contributed by atoms with Crippen LogP contribution in [0.5, 0.6) is 0 Å². The first-order valence-corrected chi connectivity index (χ1v) is 6.85. The van der Waals surface area contributed by atoms with Crippen LogP contribution < -0.4 is 5.32 Å². The van der Waals surface area contributed by atoms with Crippen molar-refractivity contribution in [3.8, 4) is 0 Å². The van der Waals surface area contributed by atoms with E-state index in [9.17, 15) is 0 Å². The van der Waals surface area contributed by atoms with E-state index in [1.165, 1.54) is 18.6 Å². The summed E-state index contributed by atoms with van der Waals surface area (Å²) in [6, 6.07) is 0. The Labute approximate surface area is 101 Å². The van der Waals surface area contributed by atoms with Crippen molar-refractivity contribution in [3.63, 3.8) is 0 Å². The van der Waals surface area contributed by atoms with Crippen LogP contribution in [0.3, 0.4) is 0 Å². The first-order chi connectivity index (χ1) is 7.59. The third-order valence-corrected chi connectivity index (χ3v) is 4.69. The van der Waals surface area contributed by atoms with Crippen molar-refractivity contribution in [2.24, 2.45) is 0 Å². The van der Waals surface area contributed by atoms with E-state index in [4.69, 9.17) is 4.42 Å². The van der Waals surface area contributed by atoms with E-state index in [0.29, 0.717) is 4.75 Å². The van der Waals surface area contributed by atoms with E-state index in [2.05, 4.69) is 29.0 Å². The molecule has 1 aliphatic heterocycles. The fraction of sp³-hybridized carbons (Fsp3) is 0.750. The highest BCUT2D eigenvalue weighted by Crippen LogP contribution is 2.36. The van der Waals surface area contributed by atoms with Gasteiger partial charge in [-0.3, -0.25) is 0 Å². The molecule has 1 unspecified atom stereocenters. The fourth-order valence-electron chi connectivity index (χ4n) is 2.02. The Hall–Kier alpha value is -0.480. The predicted octanol–water partition coefficient (Wildman–Crippen LogP) is 2.67. The summed E-state index contributed by atoms with van der Waals surface area (Å²) in [6.07, 6.45) is 2.66. The molecule has 2 heterocycles. The third-order valence-electron chi connectivity index (χ3n) is 3.15. The maximum atomic E-state index is 5.53. The van der Waals surface area contributed by atoms with Gasteiger partial charge in [-0.25, -0.2) is 4.98 Å². The molecule has 0 spiro atoms. The Morgan fingerprint density at radius 3 is 2.88 bits per heavy atom. The topological polar surface area (TPSA) is 38.1 Å². The van der Waals surface area contributed by atoms with Gasteiger partial charge in [0.25, 0.3) is 0 Å². The van der Waals surface area contributed by atoms with Gasteiger partial charge in [0, 0.05) is 11.3 Å². The molecular formula is C12H20N2OS. The van der Waals surface area contributed by atoms with Gasteiger partial charge in [0.15, 0.2) is 0 Å². The second kappa shape index (κ2) is 4.80. The van der Waals surface area contributed by atoms with Gasteiger partial charge >= 0.3 is 0 Å². The summed E-state index contributed by atoms with van der Waals surface area (Å²) in [7, 11) is 0. The molecule has 1 N–H and O–H groups in total. The SMILES string of the molecule is Cc1nc(CNCC2(C)CCCS2)oc1C. The maximum Gasteiger partial charge on any atom is 0.208 e. The van der Waals surface area contributed by atoms with Crippen molar-refractivity contribution in [3.05, 3.63) is 17.3 Å². The highest BCUT2D eigenvalue weighted by atomic mass is 32.2. The standard InChI is InChI=1S/C12H20N2OS/c1-9-10(2)15-11(14-9)7-13-8-12(3)5-4-6-16-12/h13H,4-8H2,1-3H3. The number of aromatic nitrogens is 1. The molecule has 0 amide bonds. The first-order valence-electron chi connectivity index (χ1n) is 5.87. The number of aryl methyl sites for hydroxylation is 2. The van der Waals surface area contributed by atoms with Crippen LogP contribution in [0.4, 0.5) is 0 Å². The third kappa shape index (κ3) is 2.80. The second-order valence-electron chi connectivity index (χ2n) is 4.75. The molecule has 90 valence electrons.